The van der Waals surface area contributed by atoms with Crippen LogP contribution < -0.4 is 5.73 Å². The van der Waals surface area contributed by atoms with Crippen molar-refractivity contribution in [3.63, 3.8) is 0 Å². The molecule has 1 heterocycles. The predicted molar refractivity (Wildman–Crippen MR) is 53.8 cm³/mol. The van der Waals surface area contributed by atoms with Crippen LogP contribution in [-0.2, 0) is 6.42 Å². The lowest BCUT2D eigenvalue weighted by Gasteiger charge is -2.05. The second-order valence-electron chi connectivity index (χ2n) is 3.79. The number of rotatable bonds is 3. The number of carbonyl (C=O) groups is 1. The van der Waals surface area contributed by atoms with E-state index in [-0.39, 0.29) is 5.82 Å². The zero-order valence-electron chi connectivity index (χ0n) is 8.74. The van der Waals surface area contributed by atoms with Gasteiger partial charge in [-0.05, 0) is 25.3 Å². The molecule has 0 fully saturated rings. The summed E-state index contributed by atoms with van der Waals surface area (Å²) in [5, 5.41) is 0. The Morgan fingerprint density at radius 3 is 2.64 bits per heavy atom. The maximum Gasteiger partial charge on any atom is 0.286 e. The highest BCUT2D eigenvalue weighted by Crippen LogP contribution is 2.06. The Morgan fingerprint density at radius 1 is 1.50 bits per heavy atom. The first kappa shape index (κ1) is 10.6. The molecule has 0 radical (unpaired) electrons. The number of hydrogen-bond acceptors (Lipinski definition) is 3. The van der Waals surface area contributed by atoms with E-state index >= 15 is 0 Å². The van der Waals surface area contributed by atoms with Gasteiger partial charge in [-0.15, -0.1) is 0 Å². The summed E-state index contributed by atoms with van der Waals surface area (Å²) < 4.78 is 0. The minimum atomic E-state index is -0.571. The van der Waals surface area contributed by atoms with Gasteiger partial charge in [0.05, 0.1) is 0 Å². The average molecular weight is 193 g/mol. The molecule has 14 heavy (non-hydrogen) atoms. The van der Waals surface area contributed by atoms with Crippen LogP contribution in [0.3, 0.4) is 0 Å². The lowest BCUT2D eigenvalue weighted by Crippen LogP contribution is -2.17. The van der Waals surface area contributed by atoms with E-state index in [0.717, 1.165) is 17.8 Å². The van der Waals surface area contributed by atoms with Gasteiger partial charge in [0.1, 0.15) is 0 Å². The zero-order valence-corrected chi connectivity index (χ0v) is 8.74. The number of nitrogens with two attached hydrogens (primary N) is 1. The average Bonchev–Trinajstić information content (AvgIpc) is 2.01. The lowest BCUT2D eigenvalue weighted by atomic mass is 10.1. The van der Waals surface area contributed by atoms with Crippen molar-refractivity contribution in [1.29, 1.82) is 0 Å². The Labute approximate surface area is 83.6 Å². The molecule has 0 aliphatic carbocycles. The quantitative estimate of drug-likeness (QED) is 0.781. The van der Waals surface area contributed by atoms with Gasteiger partial charge in [0, 0.05) is 11.4 Å². The summed E-state index contributed by atoms with van der Waals surface area (Å²) in [4.78, 5) is 18.9. The smallest absolute Gasteiger partial charge is 0.286 e. The fourth-order valence-electron chi connectivity index (χ4n) is 1.27. The van der Waals surface area contributed by atoms with Gasteiger partial charge in [-0.3, -0.25) is 4.79 Å². The predicted octanol–water partition coefficient (Wildman–Crippen LogP) is 1.08. The van der Waals surface area contributed by atoms with Crippen molar-refractivity contribution < 1.29 is 4.79 Å². The van der Waals surface area contributed by atoms with E-state index in [4.69, 9.17) is 5.73 Å². The summed E-state index contributed by atoms with van der Waals surface area (Å²) in [7, 11) is 0. The fourth-order valence-corrected chi connectivity index (χ4v) is 1.27. The number of nitrogens with zero attached hydrogens (tertiary/aromatic N) is 2. The van der Waals surface area contributed by atoms with Crippen LogP contribution in [0.4, 0.5) is 0 Å². The van der Waals surface area contributed by atoms with Crippen molar-refractivity contribution >= 4 is 5.91 Å². The monoisotopic (exact) mass is 193 g/mol. The molecule has 0 unspecified atom stereocenters. The van der Waals surface area contributed by atoms with Gasteiger partial charge in [-0.2, -0.15) is 0 Å². The van der Waals surface area contributed by atoms with Gasteiger partial charge in [0.25, 0.3) is 5.91 Å². The highest BCUT2D eigenvalue weighted by molar-refractivity contribution is 5.88. The van der Waals surface area contributed by atoms with E-state index in [9.17, 15) is 4.79 Å². The standard InChI is InChI=1S/C10H15N3O/c1-6(2)4-8-5-7(3)12-10(13-8)9(11)14/h5-6H,4H2,1-3H3,(H2,11,14). The minimum absolute atomic E-state index is 0.112. The van der Waals surface area contributed by atoms with Gasteiger partial charge >= 0.3 is 0 Å². The third-order valence-corrected chi connectivity index (χ3v) is 1.75. The minimum Gasteiger partial charge on any atom is -0.363 e. The molecule has 0 atom stereocenters. The molecular formula is C10H15N3O. The van der Waals surface area contributed by atoms with E-state index in [1.54, 1.807) is 0 Å². The largest absolute Gasteiger partial charge is 0.363 e. The second-order valence-corrected chi connectivity index (χ2v) is 3.79. The summed E-state index contributed by atoms with van der Waals surface area (Å²) in [6, 6.07) is 1.88. The number of hydrogen-bond donors (Lipinski definition) is 1. The van der Waals surface area contributed by atoms with Gasteiger partial charge < -0.3 is 5.73 Å². The Balaban J connectivity index is 3.01. The van der Waals surface area contributed by atoms with E-state index in [0.29, 0.717) is 5.92 Å². The van der Waals surface area contributed by atoms with Crippen molar-refractivity contribution in [3.05, 3.63) is 23.3 Å². The molecule has 76 valence electrons. The van der Waals surface area contributed by atoms with Gasteiger partial charge in [-0.25, -0.2) is 9.97 Å². The molecule has 4 nitrogen and oxygen atoms in total. The van der Waals surface area contributed by atoms with Crippen LogP contribution in [0, 0.1) is 12.8 Å². The molecule has 0 saturated heterocycles. The molecule has 0 aromatic carbocycles. The Bertz CT molecular complexity index is 347. The van der Waals surface area contributed by atoms with Crippen molar-refractivity contribution in [2.24, 2.45) is 11.7 Å². The van der Waals surface area contributed by atoms with Crippen LogP contribution in [-0.4, -0.2) is 15.9 Å². The summed E-state index contributed by atoms with van der Waals surface area (Å²) in [6.07, 6.45) is 0.837. The molecule has 2 N–H and O–H groups in total. The lowest BCUT2D eigenvalue weighted by molar-refractivity contribution is 0.0989. The first-order chi connectivity index (χ1) is 6.49. The molecule has 0 bridgehead atoms. The van der Waals surface area contributed by atoms with Crippen LogP contribution in [0.25, 0.3) is 0 Å². The maximum atomic E-state index is 10.9. The van der Waals surface area contributed by atoms with Crippen molar-refractivity contribution in [1.82, 2.24) is 9.97 Å². The highest BCUT2D eigenvalue weighted by Gasteiger charge is 2.08. The summed E-state index contributed by atoms with van der Waals surface area (Å²) in [6.45, 7) is 6.03. The van der Waals surface area contributed by atoms with Crippen LogP contribution in [0.1, 0.15) is 35.9 Å². The number of primary amides is 1. The normalized spacial score (nSPS) is 10.6. The number of aryl methyl sites for hydroxylation is 1. The zero-order chi connectivity index (χ0) is 10.7. The molecule has 4 heteroatoms. The van der Waals surface area contributed by atoms with Crippen molar-refractivity contribution in [2.75, 3.05) is 0 Å². The maximum absolute atomic E-state index is 10.9. The van der Waals surface area contributed by atoms with E-state index in [1.807, 2.05) is 13.0 Å². The van der Waals surface area contributed by atoms with Gasteiger partial charge in [0.15, 0.2) is 0 Å². The molecule has 1 amide bonds. The second kappa shape index (κ2) is 4.17. The molecule has 0 saturated carbocycles. The number of aromatic nitrogens is 2. The molecule has 0 aliphatic rings. The topological polar surface area (TPSA) is 68.9 Å². The number of carbonyl (C=O) groups excluding carboxylic acids is 1. The van der Waals surface area contributed by atoms with Crippen LogP contribution in [0.5, 0.6) is 0 Å². The van der Waals surface area contributed by atoms with E-state index < -0.39 is 5.91 Å². The van der Waals surface area contributed by atoms with Gasteiger partial charge in [-0.1, -0.05) is 13.8 Å². The Hall–Kier alpha value is -1.45. The Morgan fingerprint density at radius 2 is 2.14 bits per heavy atom. The van der Waals surface area contributed by atoms with E-state index in [2.05, 4.69) is 23.8 Å². The van der Waals surface area contributed by atoms with Crippen molar-refractivity contribution in [2.45, 2.75) is 27.2 Å². The molecule has 0 aliphatic heterocycles. The van der Waals surface area contributed by atoms with E-state index in [1.165, 1.54) is 0 Å². The third kappa shape index (κ3) is 2.80. The van der Waals surface area contributed by atoms with Crippen molar-refractivity contribution in [3.8, 4) is 0 Å². The van der Waals surface area contributed by atoms with Crippen LogP contribution in [0.15, 0.2) is 6.07 Å². The molecule has 0 spiro atoms. The SMILES string of the molecule is Cc1cc(CC(C)C)nc(C(N)=O)n1. The molecule has 1 rings (SSSR count). The highest BCUT2D eigenvalue weighted by atomic mass is 16.1. The summed E-state index contributed by atoms with van der Waals surface area (Å²) in [5.74, 6) is 0.0457. The molecule has 1 aromatic rings. The fraction of sp³-hybridized carbons (Fsp3) is 0.500. The molecule has 1 aromatic heterocycles. The first-order valence-corrected chi connectivity index (χ1v) is 4.63. The van der Waals surface area contributed by atoms with Crippen LogP contribution >= 0.6 is 0 Å². The molecular weight excluding hydrogens is 178 g/mol. The third-order valence-electron chi connectivity index (χ3n) is 1.75. The Kier molecular flexibility index (Phi) is 3.17. The summed E-state index contributed by atoms with van der Waals surface area (Å²) in [5.41, 5.74) is 6.78. The summed E-state index contributed by atoms with van der Waals surface area (Å²) >= 11 is 0. The van der Waals surface area contributed by atoms with Crippen LogP contribution in [0.2, 0.25) is 0 Å². The van der Waals surface area contributed by atoms with Gasteiger partial charge in [0.2, 0.25) is 5.82 Å². The number of amides is 1. The first-order valence-electron chi connectivity index (χ1n) is 4.63.